The first kappa shape index (κ1) is 50.2. The minimum Gasteiger partial charge on any atom is -1.00 e. The Bertz CT molecular complexity index is 120. The first-order chi connectivity index (χ1) is 4.43. The molecule has 0 fully saturated rings. The van der Waals surface area contributed by atoms with Gasteiger partial charge < -0.3 is 13.2 Å². The van der Waals surface area contributed by atoms with Crippen LogP contribution in [-0.4, -0.2) is 12.7 Å². The molecule has 3 nitrogen and oxygen atoms in total. The summed E-state index contributed by atoms with van der Waals surface area (Å²) in [6.45, 7) is 4.41. The van der Waals surface area contributed by atoms with Crippen LogP contribution in [0.4, 0.5) is 4.39 Å². The van der Waals surface area contributed by atoms with E-state index in [1.165, 1.54) is 12.7 Å². The Balaban J connectivity index is -0.00000000876. The van der Waals surface area contributed by atoms with Crippen LogP contribution in [0.1, 0.15) is 15.3 Å². The number of hydrogen-bond acceptors (Lipinski definition) is 2. The van der Waals surface area contributed by atoms with Gasteiger partial charge in [-0.15, -0.1) is 0 Å². The van der Waals surface area contributed by atoms with Gasteiger partial charge in [-0.05, 0) is 0 Å². The number of hydrogen-bond donors (Lipinski definition) is 1. The third-order valence-corrected chi connectivity index (χ3v) is 0.592. The molecule has 0 bridgehead atoms. The average Bonchev–Trinajstić information content (AvgIpc) is 2.43. The third-order valence-electron chi connectivity index (χ3n) is 0.592. The predicted octanol–water partition coefficient (Wildman–Crippen LogP) is -17.4. The van der Waals surface area contributed by atoms with Crippen molar-refractivity contribution in [1.82, 2.24) is 0 Å². The van der Waals surface area contributed by atoms with Gasteiger partial charge in [0.1, 0.15) is 0 Å². The number of quaternary nitrogens is 1. The topological polar surface area (TPSA) is 29.2 Å². The van der Waals surface area contributed by atoms with Gasteiger partial charge in [0.05, 0.1) is 6.80 Å². The van der Waals surface area contributed by atoms with Crippen molar-refractivity contribution in [2.24, 2.45) is 10.1 Å². The molecule has 0 saturated heterocycles. The molecule has 1 aliphatic rings. The minimum absolute atomic E-state index is 0. The fraction of sp³-hybridized carbons (Fsp3) is 0.333. The van der Waals surface area contributed by atoms with E-state index in [0.717, 1.165) is 0 Å². The van der Waals surface area contributed by atoms with Crippen LogP contribution in [0.2, 0.25) is 0 Å². The SMILES string of the molecule is CC.F[CH-][NH+]1C=NC=N1.[CH3-].[H-].[Rb+].[Rb+].[Rb+].[Rb+].[Rb+].[Rb+]. The maximum Gasteiger partial charge on any atom is 1.00 e. The monoisotopic (exact) mass is 657 g/mol. The van der Waals surface area contributed by atoms with Gasteiger partial charge in [-0.25, -0.2) is 0 Å². The molecule has 62 valence electrons. The second kappa shape index (κ2) is 44.5. The molecular weight excluding hydrogens is 646 g/mol. The predicted molar refractivity (Wildman–Crippen MR) is 42.2 cm³/mol. The molecule has 0 aromatic heterocycles. The normalized spacial score (nSPS) is 12.1. The first-order valence-electron chi connectivity index (χ1n) is 2.79. The molecule has 0 aromatic carbocycles. The Labute approximate surface area is 394 Å². The van der Waals surface area contributed by atoms with Crippen molar-refractivity contribution in [2.45, 2.75) is 13.8 Å². The standard InChI is InChI=1S/C3H4FN3.C2H6.CH3.6Rb.H/c4-1-7-3-5-2-6-7;1-2;;;;;;;;/h1-3,7H;1-2H3;1H3;;;;;;;/q;;-1;6*+1;-1. The Morgan fingerprint density at radius 3 is 1.56 bits per heavy atom. The van der Waals surface area contributed by atoms with Crippen LogP contribution < -0.4 is 354 Å². The number of nitrogens with one attached hydrogen (secondary N) is 1. The van der Waals surface area contributed by atoms with Gasteiger partial charge in [-0.2, -0.15) is 4.99 Å². The summed E-state index contributed by atoms with van der Waals surface area (Å²) in [6, 6.07) is 0. The number of aliphatic imine (C=N–C) groups is 1. The second-order valence-corrected chi connectivity index (χ2v) is 1.06. The van der Waals surface area contributed by atoms with Crippen molar-refractivity contribution >= 4 is 12.7 Å². The Morgan fingerprint density at radius 2 is 1.44 bits per heavy atom. The molecule has 1 unspecified atom stereocenters. The van der Waals surface area contributed by atoms with Gasteiger partial charge >= 0.3 is 349 Å². The van der Waals surface area contributed by atoms with Crippen molar-refractivity contribution < 1.29 is 360 Å². The Morgan fingerprint density at radius 1 is 1.06 bits per heavy atom. The number of rotatable bonds is 1. The molecular formula is C6H14FN3Rb6+4. The molecule has 1 rings (SSSR count). The van der Waals surface area contributed by atoms with Crippen LogP contribution in [0.5, 0.6) is 0 Å². The summed E-state index contributed by atoms with van der Waals surface area (Å²) in [7, 11) is 0. The van der Waals surface area contributed by atoms with E-state index in [1.807, 2.05) is 13.8 Å². The minimum atomic E-state index is 0. The summed E-state index contributed by atoms with van der Waals surface area (Å²) in [5.41, 5.74) is 0. The zero-order valence-corrected chi connectivity index (χ0v) is 42.0. The molecule has 0 radical (unpaired) electrons. The van der Waals surface area contributed by atoms with Gasteiger partial charge in [0.15, 0.2) is 12.7 Å². The Kier molecular flexibility index (Phi) is 139. The zero-order valence-electron chi connectivity index (χ0n) is 13.5. The summed E-state index contributed by atoms with van der Waals surface area (Å²) in [5.74, 6) is 0. The molecule has 16 heavy (non-hydrogen) atoms. The molecule has 1 heterocycles. The maximum absolute atomic E-state index is 11.3. The molecule has 0 spiro atoms. The van der Waals surface area contributed by atoms with Crippen molar-refractivity contribution in [2.75, 3.05) is 0 Å². The van der Waals surface area contributed by atoms with E-state index in [1.54, 1.807) is 0 Å². The van der Waals surface area contributed by atoms with Crippen LogP contribution in [0.25, 0.3) is 0 Å². The molecule has 10 heteroatoms. The summed E-state index contributed by atoms with van der Waals surface area (Å²) < 4.78 is 11.3. The maximum atomic E-state index is 11.3. The summed E-state index contributed by atoms with van der Waals surface area (Å²) >= 11 is 0. The molecule has 0 aromatic rings. The molecule has 1 atom stereocenters. The van der Waals surface area contributed by atoms with E-state index >= 15 is 0 Å². The van der Waals surface area contributed by atoms with Crippen LogP contribution in [0, 0.1) is 14.2 Å². The molecule has 0 saturated carbocycles. The van der Waals surface area contributed by atoms with Crippen molar-refractivity contribution in [3.63, 3.8) is 0 Å². The van der Waals surface area contributed by atoms with Gasteiger partial charge in [0, 0.05) is 0 Å². The largest absolute Gasteiger partial charge is 1.00 e. The van der Waals surface area contributed by atoms with Crippen LogP contribution >= 0.6 is 0 Å². The second-order valence-electron chi connectivity index (χ2n) is 1.06. The van der Waals surface area contributed by atoms with E-state index in [0.29, 0.717) is 6.80 Å². The summed E-state index contributed by atoms with van der Waals surface area (Å²) in [4.78, 5) is 3.51. The summed E-state index contributed by atoms with van der Waals surface area (Å²) in [6.07, 6.45) is 2.64. The van der Waals surface area contributed by atoms with Crippen LogP contribution in [-0.2, 0) is 0 Å². The Hall–Kier alpha value is 10.1. The van der Waals surface area contributed by atoms with E-state index in [9.17, 15) is 4.39 Å². The third kappa shape index (κ3) is 35.2. The summed E-state index contributed by atoms with van der Waals surface area (Å²) in [5, 5.41) is 3.77. The fourth-order valence-corrected chi connectivity index (χ4v) is 0.299. The van der Waals surface area contributed by atoms with Gasteiger partial charge in [0.2, 0.25) is 0 Å². The molecule has 1 aliphatic heterocycles. The van der Waals surface area contributed by atoms with Crippen molar-refractivity contribution in [3.05, 3.63) is 14.2 Å². The van der Waals surface area contributed by atoms with E-state index in [4.69, 9.17) is 0 Å². The van der Waals surface area contributed by atoms with Gasteiger partial charge in [-0.3, -0.25) is 5.01 Å². The van der Waals surface area contributed by atoms with Crippen LogP contribution in [0.15, 0.2) is 10.1 Å². The average molecular weight is 660 g/mol. The van der Waals surface area contributed by atoms with Gasteiger partial charge in [-0.1, -0.05) is 18.9 Å². The first-order valence-corrected chi connectivity index (χ1v) is 2.79. The zero-order chi connectivity index (χ0) is 7.11. The van der Waals surface area contributed by atoms with E-state index in [2.05, 4.69) is 10.1 Å². The van der Waals surface area contributed by atoms with Crippen LogP contribution in [0.3, 0.4) is 0 Å². The molecule has 0 aliphatic carbocycles. The molecule has 0 amide bonds. The quantitative estimate of drug-likeness (QED) is 0.214. The number of nitrogens with zero attached hydrogens (tertiary/aromatic N) is 2. The van der Waals surface area contributed by atoms with Gasteiger partial charge in [0.25, 0.3) is 0 Å². The van der Waals surface area contributed by atoms with E-state index in [-0.39, 0.29) is 363 Å². The fourth-order valence-electron chi connectivity index (χ4n) is 0.299. The van der Waals surface area contributed by atoms with Crippen molar-refractivity contribution in [3.8, 4) is 0 Å². The smallest absolute Gasteiger partial charge is 1.00 e. The van der Waals surface area contributed by atoms with Crippen molar-refractivity contribution in [1.29, 1.82) is 0 Å². The van der Waals surface area contributed by atoms with E-state index < -0.39 is 0 Å². The molecule has 1 N–H and O–H groups in total. The number of halogens is 1.